The van der Waals surface area contributed by atoms with Crippen LogP contribution in [-0.4, -0.2) is 31.2 Å². The van der Waals surface area contributed by atoms with E-state index in [0.717, 1.165) is 36.5 Å². The van der Waals surface area contributed by atoms with Crippen molar-refractivity contribution in [3.63, 3.8) is 0 Å². The van der Waals surface area contributed by atoms with Gasteiger partial charge in [0.2, 0.25) is 5.91 Å². The number of nitrogens with one attached hydrogen (secondary N) is 1. The molecular formula is C23H26F2N2O2. The number of hydrogen-bond donors (Lipinski definition) is 1. The van der Waals surface area contributed by atoms with Crippen molar-refractivity contribution in [3.8, 4) is 0 Å². The van der Waals surface area contributed by atoms with Gasteiger partial charge in [-0.1, -0.05) is 18.2 Å². The Balaban J connectivity index is 1.64. The molecule has 1 N–H and O–H groups in total. The number of rotatable bonds is 5. The van der Waals surface area contributed by atoms with Gasteiger partial charge in [0, 0.05) is 24.9 Å². The van der Waals surface area contributed by atoms with Crippen LogP contribution in [0.1, 0.15) is 37.9 Å². The molecule has 1 heterocycles. The van der Waals surface area contributed by atoms with E-state index >= 15 is 0 Å². The van der Waals surface area contributed by atoms with Crippen LogP contribution < -0.4 is 10.2 Å². The maximum atomic E-state index is 13.3. The summed E-state index contributed by atoms with van der Waals surface area (Å²) in [5.74, 6) is -2.16. The highest BCUT2D eigenvalue weighted by Crippen LogP contribution is 2.24. The van der Waals surface area contributed by atoms with Gasteiger partial charge in [0.05, 0.1) is 18.2 Å². The van der Waals surface area contributed by atoms with E-state index in [2.05, 4.69) is 36.2 Å². The Kier molecular flexibility index (Phi) is 6.64. The molecule has 0 radical (unpaired) electrons. The molecule has 0 aliphatic carbocycles. The Labute approximate surface area is 170 Å². The first-order chi connectivity index (χ1) is 13.8. The second-order valence-corrected chi connectivity index (χ2v) is 7.49. The first kappa shape index (κ1) is 21.0. The van der Waals surface area contributed by atoms with Gasteiger partial charge < -0.3 is 15.0 Å². The molecule has 4 nitrogen and oxygen atoms in total. The van der Waals surface area contributed by atoms with Crippen LogP contribution in [0.5, 0.6) is 0 Å². The number of hydrogen-bond acceptors (Lipinski definition) is 3. The number of halogens is 2. The maximum Gasteiger partial charge on any atom is 0.244 e. The van der Waals surface area contributed by atoms with Crippen molar-refractivity contribution >= 4 is 17.7 Å². The molecule has 1 aliphatic heterocycles. The largest absolute Gasteiger partial charge is 0.372 e. The lowest BCUT2D eigenvalue weighted by Gasteiger charge is -2.37. The SMILES string of the molecule is C[C@@H]1CN(c2cccc([C@@H](C)NC(=O)C=Cc3ccc(F)c(F)c3)c2)C[C@H](C)O1. The lowest BCUT2D eigenvalue weighted by atomic mass is 10.1. The maximum absolute atomic E-state index is 13.3. The van der Waals surface area contributed by atoms with Gasteiger partial charge in [0.15, 0.2) is 11.6 Å². The molecule has 0 spiro atoms. The smallest absolute Gasteiger partial charge is 0.244 e. The van der Waals surface area contributed by atoms with Crippen LogP contribution in [0.15, 0.2) is 48.5 Å². The number of ether oxygens (including phenoxy) is 1. The van der Waals surface area contributed by atoms with Gasteiger partial charge in [0.1, 0.15) is 0 Å². The predicted molar refractivity (Wildman–Crippen MR) is 111 cm³/mol. The molecular weight excluding hydrogens is 374 g/mol. The highest BCUT2D eigenvalue weighted by Gasteiger charge is 2.22. The molecule has 2 aromatic carbocycles. The summed E-state index contributed by atoms with van der Waals surface area (Å²) in [6.45, 7) is 7.69. The molecule has 29 heavy (non-hydrogen) atoms. The third-order valence-electron chi connectivity index (χ3n) is 4.88. The van der Waals surface area contributed by atoms with E-state index in [1.807, 2.05) is 19.1 Å². The monoisotopic (exact) mass is 400 g/mol. The average molecular weight is 400 g/mol. The Morgan fingerprint density at radius 1 is 1.14 bits per heavy atom. The van der Waals surface area contributed by atoms with Crippen molar-refractivity contribution in [2.24, 2.45) is 0 Å². The molecule has 3 rings (SSSR count). The lowest BCUT2D eigenvalue weighted by Crippen LogP contribution is -2.45. The van der Waals surface area contributed by atoms with Crippen LogP contribution in [-0.2, 0) is 9.53 Å². The van der Waals surface area contributed by atoms with Crippen molar-refractivity contribution in [3.05, 3.63) is 71.3 Å². The Bertz CT molecular complexity index is 890. The molecule has 1 amide bonds. The molecule has 6 heteroatoms. The van der Waals surface area contributed by atoms with Crippen LogP contribution >= 0.6 is 0 Å². The number of carbonyl (C=O) groups is 1. The van der Waals surface area contributed by atoms with Crippen LogP contribution in [0, 0.1) is 11.6 Å². The van der Waals surface area contributed by atoms with Gasteiger partial charge in [-0.2, -0.15) is 0 Å². The van der Waals surface area contributed by atoms with Crippen LogP contribution in [0.3, 0.4) is 0 Å². The molecule has 1 saturated heterocycles. The van der Waals surface area contributed by atoms with E-state index in [1.54, 1.807) is 0 Å². The molecule has 0 bridgehead atoms. The summed E-state index contributed by atoms with van der Waals surface area (Å²) >= 11 is 0. The normalized spacial score (nSPS) is 20.7. The van der Waals surface area contributed by atoms with Crippen molar-refractivity contribution < 1.29 is 18.3 Å². The Morgan fingerprint density at radius 3 is 2.55 bits per heavy atom. The van der Waals surface area contributed by atoms with Gasteiger partial charge in [-0.15, -0.1) is 0 Å². The minimum absolute atomic E-state index is 0.168. The predicted octanol–water partition coefficient (Wildman–Crippen LogP) is 4.47. The fourth-order valence-electron chi connectivity index (χ4n) is 3.51. The Morgan fingerprint density at radius 2 is 1.86 bits per heavy atom. The van der Waals surface area contributed by atoms with E-state index in [0.29, 0.717) is 5.56 Å². The molecule has 2 aromatic rings. The summed E-state index contributed by atoms with van der Waals surface area (Å²) in [5, 5.41) is 2.90. The zero-order chi connectivity index (χ0) is 21.0. The molecule has 3 atom stereocenters. The number of morpholine rings is 1. The summed E-state index contributed by atoms with van der Waals surface area (Å²) in [6.07, 6.45) is 3.11. The highest BCUT2D eigenvalue weighted by atomic mass is 19.2. The summed E-state index contributed by atoms with van der Waals surface area (Å²) < 4.78 is 32.0. The first-order valence-corrected chi connectivity index (χ1v) is 9.76. The minimum Gasteiger partial charge on any atom is -0.372 e. The molecule has 154 valence electrons. The zero-order valence-corrected chi connectivity index (χ0v) is 16.9. The van der Waals surface area contributed by atoms with E-state index in [4.69, 9.17) is 4.74 Å². The van der Waals surface area contributed by atoms with E-state index in [-0.39, 0.29) is 24.2 Å². The van der Waals surface area contributed by atoms with E-state index in [9.17, 15) is 13.6 Å². The first-order valence-electron chi connectivity index (χ1n) is 9.76. The summed E-state index contributed by atoms with van der Waals surface area (Å²) in [4.78, 5) is 14.5. The van der Waals surface area contributed by atoms with Crippen molar-refractivity contribution in [2.45, 2.75) is 39.0 Å². The van der Waals surface area contributed by atoms with Crippen molar-refractivity contribution in [1.29, 1.82) is 0 Å². The molecule has 1 aliphatic rings. The highest BCUT2D eigenvalue weighted by molar-refractivity contribution is 5.92. The summed E-state index contributed by atoms with van der Waals surface area (Å²) in [5.41, 5.74) is 2.51. The Hall–Kier alpha value is -2.73. The third-order valence-corrected chi connectivity index (χ3v) is 4.88. The minimum atomic E-state index is -0.940. The lowest BCUT2D eigenvalue weighted by molar-refractivity contribution is -0.117. The summed E-state index contributed by atoms with van der Waals surface area (Å²) in [7, 11) is 0. The fraction of sp³-hybridized carbons (Fsp3) is 0.348. The number of nitrogens with zero attached hydrogens (tertiary/aromatic N) is 1. The quantitative estimate of drug-likeness (QED) is 0.753. The number of carbonyl (C=O) groups excluding carboxylic acids is 1. The van der Waals surface area contributed by atoms with Crippen molar-refractivity contribution in [1.82, 2.24) is 5.32 Å². The molecule has 0 aromatic heterocycles. The third kappa shape index (κ3) is 5.64. The number of amides is 1. The van der Waals surface area contributed by atoms with Gasteiger partial charge in [-0.05, 0) is 62.2 Å². The molecule has 0 unspecified atom stereocenters. The van der Waals surface area contributed by atoms with Gasteiger partial charge in [-0.25, -0.2) is 8.78 Å². The second kappa shape index (κ2) is 9.18. The topological polar surface area (TPSA) is 41.6 Å². The number of benzene rings is 2. The van der Waals surface area contributed by atoms with E-state index < -0.39 is 11.6 Å². The van der Waals surface area contributed by atoms with E-state index in [1.165, 1.54) is 18.2 Å². The summed E-state index contributed by atoms with van der Waals surface area (Å²) in [6, 6.07) is 11.4. The standard InChI is InChI=1S/C23H26F2N2O2/c1-15-13-27(14-16(2)29-15)20-6-4-5-19(12-20)17(3)26-23(28)10-8-18-7-9-21(24)22(25)11-18/h4-12,15-17H,13-14H2,1-3H3,(H,26,28)/t15-,16+,17-/m1/s1. The van der Waals surface area contributed by atoms with Crippen LogP contribution in [0.2, 0.25) is 0 Å². The second-order valence-electron chi connectivity index (χ2n) is 7.49. The fourth-order valence-corrected chi connectivity index (χ4v) is 3.51. The molecule has 1 fully saturated rings. The van der Waals surface area contributed by atoms with Gasteiger partial charge in [-0.3, -0.25) is 4.79 Å². The molecule has 0 saturated carbocycles. The van der Waals surface area contributed by atoms with Crippen LogP contribution in [0.4, 0.5) is 14.5 Å². The number of anilines is 1. The zero-order valence-electron chi connectivity index (χ0n) is 16.9. The van der Waals surface area contributed by atoms with Crippen LogP contribution in [0.25, 0.3) is 6.08 Å². The van der Waals surface area contributed by atoms with Gasteiger partial charge in [0.25, 0.3) is 0 Å². The van der Waals surface area contributed by atoms with Gasteiger partial charge >= 0.3 is 0 Å². The average Bonchev–Trinajstić information content (AvgIpc) is 2.68. The van der Waals surface area contributed by atoms with Crippen molar-refractivity contribution in [2.75, 3.05) is 18.0 Å².